The number of fused-ring (bicyclic) bond motifs is 1. The number of primary amides is 1. The lowest BCUT2D eigenvalue weighted by atomic mass is 10.2. The number of nitrogens with one attached hydrogen (secondary N) is 1. The normalized spacial score (nSPS) is 15.5. The first-order valence-corrected chi connectivity index (χ1v) is 8.64. The van der Waals surface area contributed by atoms with Crippen LogP contribution in [0.15, 0.2) is 18.5 Å². The summed E-state index contributed by atoms with van der Waals surface area (Å²) in [5.74, 6) is -0.490. The van der Waals surface area contributed by atoms with Gasteiger partial charge in [0.2, 0.25) is 11.8 Å². The number of carbonyl (C=O) groups is 2. The predicted octanol–water partition coefficient (Wildman–Crippen LogP) is 1.45. The Kier molecular flexibility index (Phi) is 5.52. The highest BCUT2D eigenvalue weighted by atomic mass is 19.4. The van der Waals surface area contributed by atoms with Crippen LogP contribution in [0, 0.1) is 0 Å². The number of aromatic amines is 1. The van der Waals surface area contributed by atoms with E-state index in [0.717, 1.165) is 0 Å². The zero-order chi connectivity index (χ0) is 20.3. The summed E-state index contributed by atoms with van der Waals surface area (Å²) in [6.45, 7) is 1.51. The van der Waals surface area contributed by atoms with Gasteiger partial charge in [0.25, 0.3) is 0 Å². The maximum Gasteiger partial charge on any atom is 0.389 e. The lowest BCUT2D eigenvalue weighted by molar-refractivity contribution is -0.149. The third kappa shape index (κ3) is 4.78. The van der Waals surface area contributed by atoms with Crippen LogP contribution in [-0.4, -0.2) is 64.0 Å². The van der Waals surface area contributed by atoms with Gasteiger partial charge in [0.1, 0.15) is 11.3 Å². The molecule has 2 amide bonds. The van der Waals surface area contributed by atoms with Crippen LogP contribution in [-0.2, 0) is 9.59 Å². The SMILES string of the molecule is NC(=O)C=Cc1c[nH]c2ncc(N3CCN(C(=O)CCC(F)(F)F)CC3)nc12. The minimum Gasteiger partial charge on any atom is -0.366 e. The first-order valence-electron chi connectivity index (χ1n) is 8.64. The van der Waals surface area contributed by atoms with E-state index in [1.807, 2.05) is 4.90 Å². The van der Waals surface area contributed by atoms with Gasteiger partial charge in [0.05, 0.1) is 12.6 Å². The summed E-state index contributed by atoms with van der Waals surface area (Å²) in [4.78, 5) is 38.0. The second kappa shape index (κ2) is 7.87. The van der Waals surface area contributed by atoms with Gasteiger partial charge < -0.3 is 20.5 Å². The van der Waals surface area contributed by atoms with Crippen LogP contribution in [0.2, 0.25) is 0 Å². The number of hydrogen-bond donors (Lipinski definition) is 2. The van der Waals surface area contributed by atoms with E-state index in [9.17, 15) is 22.8 Å². The molecule has 0 atom stereocenters. The minimum absolute atomic E-state index is 0.317. The number of nitrogens with zero attached hydrogens (tertiary/aromatic N) is 4. The topological polar surface area (TPSA) is 108 Å². The summed E-state index contributed by atoms with van der Waals surface area (Å²) in [6, 6.07) is 0. The molecule has 1 fully saturated rings. The van der Waals surface area contributed by atoms with Crippen molar-refractivity contribution in [2.45, 2.75) is 19.0 Å². The molecule has 3 rings (SSSR count). The van der Waals surface area contributed by atoms with Gasteiger partial charge in [-0.15, -0.1) is 0 Å². The van der Waals surface area contributed by atoms with Crippen molar-refractivity contribution in [2.75, 3.05) is 31.1 Å². The summed E-state index contributed by atoms with van der Waals surface area (Å²) in [5.41, 5.74) is 6.88. The van der Waals surface area contributed by atoms with Gasteiger partial charge in [0.15, 0.2) is 5.65 Å². The zero-order valence-electron chi connectivity index (χ0n) is 14.9. The molecule has 1 aliphatic heterocycles. The van der Waals surface area contributed by atoms with Gasteiger partial charge in [-0.1, -0.05) is 0 Å². The van der Waals surface area contributed by atoms with E-state index >= 15 is 0 Å². The fourth-order valence-electron chi connectivity index (χ4n) is 2.94. The summed E-state index contributed by atoms with van der Waals surface area (Å²) >= 11 is 0. The van der Waals surface area contributed by atoms with Gasteiger partial charge >= 0.3 is 6.18 Å². The Morgan fingerprint density at radius 3 is 2.61 bits per heavy atom. The summed E-state index contributed by atoms with van der Waals surface area (Å²) in [7, 11) is 0. The number of alkyl halides is 3. The van der Waals surface area contributed by atoms with Crippen LogP contribution in [0.4, 0.5) is 19.0 Å². The number of H-pyrrole nitrogens is 1. The van der Waals surface area contributed by atoms with Crippen molar-refractivity contribution in [2.24, 2.45) is 5.73 Å². The van der Waals surface area contributed by atoms with Crippen LogP contribution in [0.3, 0.4) is 0 Å². The Bertz CT molecular complexity index is 900. The lowest BCUT2D eigenvalue weighted by Gasteiger charge is -2.35. The van der Waals surface area contributed by atoms with Gasteiger partial charge in [0, 0.05) is 50.4 Å². The highest BCUT2D eigenvalue weighted by Gasteiger charge is 2.30. The molecule has 8 nitrogen and oxygen atoms in total. The van der Waals surface area contributed by atoms with E-state index in [-0.39, 0.29) is 0 Å². The van der Waals surface area contributed by atoms with Crippen molar-refractivity contribution < 1.29 is 22.8 Å². The van der Waals surface area contributed by atoms with Crippen LogP contribution in [0.1, 0.15) is 18.4 Å². The van der Waals surface area contributed by atoms with E-state index in [1.165, 1.54) is 17.1 Å². The van der Waals surface area contributed by atoms with Crippen molar-refractivity contribution in [3.05, 3.63) is 24.0 Å². The maximum atomic E-state index is 12.3. The molecule has 0 bridgehead atoms. The van der Waals surface area contributed by atoms with Crippen LogP contribution in [0.5, 0.6) is 0 Å². The van der Waals surface area contributed by atoms with Gasteiger partial charge in [-0.25, -0.2) is 9.97 Å². The molecular weight excluding hydrogens is 377 g/mol. The Labute approximate surface area is 158 Å². The molecule has 3 N–H and O–H groups in total. The minimum atomic E-state index is -4.33. The molecule has 0 unspecified atom stereocenters. The molecule has 150 valence electrons. The first kappa shape index (κ1) is 19.6. The van der Waals surface area contributed by atoms with Crippen LogP contribution < -0.4 is 10.6 Å². The molecule has 0 spiro atoms. The Hall–Kier alpha value is -3.11. The maximum absolute atomic E-state index is 12.3. The molecule has 2 aromatic rings. The number of carbonyl (C=O) groups excluding carboxylic acids is 2. The third-order valence-corrected chi connectivity index (χ3v) is 4.40. The van der Waals surface area contributed by atoms with E-state index in [0.29, 0.717) is 48.7 Å². The summed E-state index contributed by atoms with van der Waals surface area (Å²) in [6.07, 6.45) is 0.0308. The molecule has 3 heterocycles. The largest absolute Gasteiger partial charge is 0.389 e. The molecule has 1 saturated heterocycles. The number of amides is 2. The predicted molar refractivity (Wildman–Crippen MR) is 96.2 cm³/mol. The number of halogens is 3. The van der Waals surface area contributed by atoms with E-state index in [1.54, 1.807) is 12.4 Å². The van der Waals surface area contributed by atoms with Crippen LogP contribution >= 0.6 is 0 Å². The average Bonchev–Trinajstić information content (AvgIpc) is 3.06. The number of rotatable bonds is 5. The fraction of sp³-hybridized carbons (Fsp3) is 0.412. The molecule has 0 aromatic carbocycles. The molecule has 1 aliphatic rings. The number of hydrogen-bond acceptors (Lipinski definition) is 5. The lowest BCUT2D eigenvalue weighted by Crippen LogP contribution is -2.49. The van der Waals surface area contributed by atoms with E-state index < -0.39 is 30.8 Å². The average molecular weight is 396 g/mol. The second-order valence-corrected chi connectivity index (χ2v) is 6.39. The highest BCUT2D eigenvalue weighted by Crippen LogP contribution is 2.23. The van der Waals surface area contributed by atoms with Gasteiger partial charge in [-0.05, 0) is 6.08 Å². The zero-order valence-corrected chi connectivity index (χ0v) is 14.9. The monoisotopic (exact) mass is 396 g/mol. The molecule has 0 radical (unpaired) electrons. The number of aromatic nitrogens is 3. The van der Waals surface area contributed by atoms with Gasteiger partial charge in [-0.3, -0.25) is 9.59 Å². The Morgan fingerprint density at radius 1 is 1.25 bits per heavy atom. The van der Waals surface area contributed by atoms with Crippen molar-refractivity contribution in [1.29, 1.82) is 0 Å². The van der Waals surface area contributed by atoms with E-state index in [2.05, 4.69) is 15.0 Å². The number of anilines is 1. The number of nitrogens with two attached hydrogens (primary N) is 1. The van der Waals surface area contributed by atoms with Crippen molar-refractivity contribution >= 4 is 34.9 Å². The molecule has 0 saturated carbocycles. The number of piperazine rings is 1. The van der Waals surface area contributed by atoms with Crippen molar-refractivity contribution in [1.82, 2.24) is 19.9 Å². The summed E-state index contributed by atoms with van der Waals surface area (Å²) in [5, 5.41) is 0. The quantitative estimate of drug-likeness (QED) is 0.744. The third-order valence-electron chi connectivity index (χ3n) is 4.40. The summed E-state index contributed by atoms with van der Waals surface area (Å²) < 4.78 is 36.8. The molecular formula is C17H19F3N6O2. The molecule has 0 aliphatic carbocycles. The van der Waals surface area contributed by atoms with Crippen LogP contribution in [0.25, 0.3) is 17.2 Å². The van der Waals surface area contributed by atoms with Crippen molar-refractivity contribution in [3.63, 3.8) is 0 Å². The molecule has 11 heteroatoms. The Balaban J connectivity index is 1.65. The van der Waals surface area contributed by atoms with Gasteiger partial charge in [-0.2, -0.15) is 13.2 Å². The smallest absolute Gasteiger partial charge is 0.366 e. The van der Waals surface area contributed by atoms with E-state index in [4.69, 9.17) is 5.73 Å². The van der Waals surface area contributed by atoms with Crippen molar-refractivity contribution in [3.8, 4) is 0 Å². The molecule has 2 aromatic heterocycles. The standard InChI is InChI=1S/C17H19F3N6O2/c18-17(19,20)4-3-14(28)26-7-5-25(6-8-26)13-10-23-16-15(24-13)11(9-22-16)1-2-12(21)27/h1-2,9-10H,3-8H2,(H2,21,27)(H,22,23). The second-order valence-electron chi connectivity index (χ2n) is 6.39. The fourth-order valence-corrected chi connectivity index (χ4v) is 2.94. The highest BCUT2D eigenvalue weighted by molar-refractivity contribution is 5.93. The Morgan fingerprint density at radius 2 is 1.96 bits per heavy atom. The first-order chi connectivity index (χ1) is 13.2. The molecule has 28 heavy (non-hydrogen) atoms.